The Morgan fingerprint density at radius 3 is 2.39 bits per heavy atom. The van der Waals surface area contributed by atoms with Crippen molar-refractivity contribution in [1.82, 2.24) is 4.57 Å². The van der Waals surface area contributed by atoms with E-state index in [4.69, 9.17) is 27.2 Å². The van der Waals surface area contributed by atoms with Crippen molar-refractivity contribution >= 4 is 23.5 Å². The Hall–Kier alpha value is -3.25. The van der Waals surface area contributed by atoms with E-state index in [9.17, 15) is 9.59 Å². The monoisotopic (exact) mass is 398 g/mol. The molecule has 6 nitrogen and oxygen atoms in total. The number of aromatic nitrogens is 1. The molecule has 2 aromatic carbocycles. The van der Waals surface area contributed by atoms with Gasteiger partial charge in [-0.15, -0.1) is 0 Å². The molecule has 1 amide bonds. The van der Waals surface area contributed by atoms with Crippen LogP contribution in [-0.2, 0) is 11.2 Å². The third kappa shape index (κ3) is 4.02. The Balaban J connectivity index is 2.12. The molecular weight excluding hydrogens is 380 g/mol. The first-order valence-corrected chi connectivity index (χ1v) is 8.95. The van der Waals surface area contributed by atoms with Crippen LogP contribution in [-0.4, -0.2) is 28.7 Å². The Morgan fingerprint density at radius 1 is 1.11 bits per heavy atom. The summed E-state index contributed by atoms with van der Waals surface area (Å²) >= 11 is 6.23. The van der Waals surface area contributed by atoms with E-state index >= 15 is 0 Å². The maximum atomic E-state index is 11.5. The first-order chi connectivity index (χ1) is 13.4. The van der Waals surface area contributed by atoms with E-state index in [-0.39, 0.29) is 17.0 Å². The van der Waals surface area contributed by atoms with Gasteiger partial charge in [-0.2, -0.15) is 0 Å². The highest BCUT2D eigenvalue weighted by molar-refractivity contribution is 6.34. The maximum Gasteiger partial charge on any atom is 0.303 e. The molecule has 3 rings (SSSR count). The number of carboxylic acids is 1. The molecule has 3 aromatic rings. The molecule has 0 aliphatic heterocycles. The van der Waals surface area contributed by atoms with Crippen LogP contribution in [0.15, 0.2) is 54.6 Å². The number of hydrogen-bond acceptors (Lipinski definition) is 3. The zero-order valence-corrected chi connectivity index (χ0v) is 15.9. The maximum absolute atomic E-state index is 11.5. The van der Waals surface area contributed by atoms with E-state index in [1.54, 1.807) is 25.3 Å². The number of carbonyl (C=O) groups excluding carboxylic acids is 1. The number of aryl methyl sites for hydroxylation is 1. The molecule has 0 spiro atoms. The highest BCUT2D eigenvalue weighted by Gasteiger charge is 2.15. The fraction of sp³-hybridized carbons (Fsp3) is 0.143. The van der Waals surface area contributed by atoms with Gasteiger partial charge in [0.15, 0.2) is 0 Å². The molecule has 0 atom stereocenters. The van der Waals surface area contributed by atoms with E-state index in [0.29, 0.717) is 12.1 Å². The minimum atomic E-state index is -0.874. The van der Waals surface area contributed by atoms with Crippen LogP contribution in [0.3, 0.4) is 0 Å². The van der Waals surface area contributed by atoms with Gasteiger partial charge in [-0.3, -0.25) is 9.59 Å². The zero-order valence-electron chi connectivity index (χ0n) is 15.2. The lowest BCUT2D eigenvalue weighted by atomic mass is 10.1. The number of halogens is 1. The molecular formula is C21H19ClN2O4. The van der Waals surface area contributed by atoms with E-state index in [2.05, 4.69) is 0 Å². The predicted molar refractivity (Wildman–Crippen MR) is 107 cm³/mol. The molecule has 0 aliphatic rings. The standard InChI is InChI=1S/C21H19ClN2O4/c1-28-16-7-2-13(3-8-16)19-10-5-14(6-11-20(25)26)24(19)15-4-9-17(21(23)27)18(22)12-15/h2-5,7-10,12H,6,11H2,1H3,(H2,23,27)(H,25,26). The van der Waals surface area contributed by atoms with Crippen molar-refractivity contribution in [2.24, 2.45) is 5.73 Å². The number of benzene rings is 2. The number of carboxylic acid groups (broad SMARTS) is 1. The Labute approximate surface area is 167 Å². The first-order valence-electron chi connectivity index (χ1n) is 8.57. The minimum Gasteiger partial charge on any atom is -0.497 e. The van der Waals surface area contributed by atoms with E-state index in [1.165, 1.54) is 0 Å². The number of aliphatic carboxylic acids is 1. The van der Waals surface area contributed by atoms with Crippen molar-refractivity contribution < 1.29 is 19.4 Å². The Bertz CT molecular complexity index is 1030. The molecule has 7 heteroatoms. The SMILES string of the molecule is COc1ccc(-c2ccc(CCC(=O)O)n2-c2ccc(C(N)=O)c(Cl)c2)cc1. The van der Waals surface area contributed by atoms with Gasteiger partial charge in [0, 0.05) is 11.4 Å². The summed E-state index contributed by atoms with van der Waals surface area (Å²) in [6, 6.07) is 16.3. The second-order valence-corrected chi connectivity index (χ2v) is 6.60. The smallest absolute Gasteiger partial charge is 0.303 e. The quantitative estimate of drug-likeness (QED) is 0.630. The molecule has 144 valence electrons. The fourth-order valence-electron chi connectivity index (χ4n) is 3.04. The number of ether oxygens (including phenoxy) is 1. The number of hydrogen-bond donors (Lipinski definition) is 2. The third-order valence-corrected chi connectivity index (χ3v) is 4.73. The lowest BCUT2D eigenvalue weighted by Gasteiger charge is -2.15. The second kappa shape index (κ2) is 8.19. The number of nitrogens with two attached hydrogens (primary N) is 1. The number of rotatable bonds is 7. The first kappa shape index (κ1) is 19.5. The van der Waals surface area contributed by atoms with Crippen molar-refractivity contribution in [2.45, 2.75) is 12.8 Å². The van der Waals surface area contributed by atoms with Crippen LogP contribution in [0.5, 0.6) is 5.75 Å². The predicted octanol–water partition coefficient (Wildman–Crippen LogP) is 3.92. The van der Waals surface area contributed by atoms with Crippen LogP contribution in [0, 0.1) is 0 Å². The number of methoxy groups -OCH3 is 1. The molecule has 0 fully saturated rings. The third-order valence-electron chi connectivity index (χ3n) is 4.42. The molecule has 1 heterocycles. The van der Waals surface area contributed by atoms with Gasteiger partial charge in [0.05, 0.1) is 29.8 Å². The van der Waals surface area contributed by atoms with Crippen LogP contribution < -0.4 is 10.5 Å². The van der Waals surface area contributed by atoms with Gasteiger partial charge in [-0.25, -0.2) is 0 Å². The molecule has 1 aromatic heterocycles. The van der Waals surface area contributed by atoms with E-state index in [1.807, 2.05) is 41.0 Å². The molecule has 0 saturated heterocycles. The van der Waals surface area contributed by atoms with Crippen LogP contribution >= 0.6 is 11.6 Å². The van der Waals surface area contributed by atoms with Crippen LogP contribution in [0.4, 0.5) is 0 Å². The summed E-state index contributed by atoms with van der Waals surface area (Å²) in [6.07, 6.45) is 0.347. The summed E-state index contributed by atoms with van der Waals surface area (Å²) in [5.74, 6) is -0.742. The lowest BCUT2D eigenvalue weighted by Crippen LogP contribution is -2.12. The largest absolute Gasteiger partial charge is 0.497 e. The molecule has 0 radical (unpaired) electrons. The Morgan fingerprint density at radius 2 is 1.82 bits per heavy atom. The van der Waals surface area contributed by atoms with Crippen molar-refractivity contribution in [3.05, 3.63) is 70.9 Å². The molecule has 0 unspecified atom stereocenters. The molecule has 0 saturated carbocycles. The summed E-state index contributed by atoms with van der Waals surface area (Å²) in [6.45, 7) is 0. The molecule has 0 bridgehead atoms. The van der Waals surface area contributed by atoms with E-state index in [0.717, 1.165) is 22.7 Å². The average Bonchev–Trinajstić information content (AvgIpc) is 3.10. The summed E-state index contributed by atoms with van der Waals surface area (Å²) in [4.78, 5) is 22.5. The highest BCUT2D eigenvalue weighted by atomic mass is 35.5. The Kier molecular flexibility index (Phi) is 5.70. The molecule has 0 aliphatic carbocycles. The molecule has 28 heavy (non-hydrogen) atoms. The molecule has 3 N–H and O–H groups in total. The van der Waals surface area contributed by atoms with Gasteiger partial charge < -0.3 is 20.1 Å². The van der Waals surface area contributed by atoms with Crippen LogP contribution in [0.2, 0.25) is 5.02 Å². The van der Waals surface area contributed by atoms with Crippen molar-refractivity contribution in [2.75, 3.05) is 7.11 Å². The zero-order chi connectivity index (χ0) is 20.3. The van der Waals surface area contributed by atoms with Gasteiger partial charge in [-0.05, 0) is 66.6 Å². The summed E-state index contributed by atoms with van der Waals surface area (Å²) < 4.78 is 7.14. The van der Waals surface area contributed by atoms with Gasteiger partial charge in [-0.1, -0.05) is 11.6 Å². The number of nitrogens with zero attached hydrogens (tertiary/aromatic N) is 1. The van der Waals surface area contributed by atoms with Gasteiger partial charge in [0.2, 0.25) is 5.91 Å². The fourth-order valence-corrected chi connectivity index (χ4v) is 3.31. The minimum absolute atomic E-state index is 0.000826. The van der Waals surface area contributed by atoms with Crippen molar-refractivity contribution in [3.8, 4) is 22.7 Å². The van der Waals surface area contributed by atoms with Gasteiger partial charge in [0.1, 0.15) is 5.75 Å². The van der Waals surface area contributed by atoms with Crippen LogP contribution in [0.25, 0.3) is 16.9 Å². The van der Waals surface area contributed by atoms with Gasteiger partial charge in [0.25, 0.3) is 0 Å². The lowest BCUT2D eigenvalue weighted by molar-refractivity contribution is -0.136. The van der Waals surface area contributed by atoms with Crippen molar-refractivity contribution in [1.29, 1.82) is 0 Å². The normalized spacial score (nSPS) is 10.6. The van der Waals surface area contributed by atoms with Crippen molar-refractivity contribution in [3.63, 3.8) is 0 Å². The summed E-state index contributed by atoms with van der Waals surface area (Å²) in [7, 11) is 1.60. The number of carbonyl (C=O) groups is 2. The summed E-state index contributed by atoms with van der Waals surface area (Å²) in [5.41, 5.74) is 8.89. The number of amides is 1. The van der Waals surface area contributed by atoms with Crippen LogP contribution in [0.1, 0.15) is 22.5 Å². The second-order valence-electron chi connectivity index (χ2n) is 6.20. The van der Waals surface area contributed by atoms with Gasteiger partial charge >= 0.3 is 5.97 Å². The summed E-state index contributed by atoms with van der Waals surface area (Å²) in [5, 5.41) is 9.30. The topological polar surface area (TPSA) is 94.6 Å². The average molecular weight is 399 g/mol. The highest BCUT2D eigenvalue weighted by Crippen LogP contribution is 2.30. The number of primary amides is 1. The van der Waals surface area contributed by atoms with E-state index < -0.39 is 11.9 Å².